The number of alkyl halides is 3. The SMILES string of the molecule is CCNc1ncnc(NCCCCC(F)(F)F)c1OC. The molecule has 0 spiro atoms. The summed E-state index contributed by atoms with van der Waals surface area (Å²) in [5, 5.41) is 5.99. The normalized spacial score (nSPS) is 11.2. The molecule has 0 unspecified atom stereocenters. The van der Waals surface area contributed by atoms with Crippen molar-refractivity contribution in [2.75, 3.05) is 30.8 Å². The number of hydrogen-bond donors (Lipinski definition) is 2. The summed E-state index contributed by atoms with van der Waals surface area (Å²) in [5.74, 6) is 1.50. The van der Waals surface area contributed by atoms with Crippen LogP contribution in [0.15, 0.2) is 6.33 Å². The molecule has 0 bridgehead atoms. The van der Waals surface area contributed by atoms with Crippen molar-refractivity contribution in [3.63, 3.8) is 0 Å². The highest BCUT2D eigenvalue weighted by Gasteiger charge is 2.25. The predicted molar refractivity (Wildman–Crippen MR) is 71.1 cm³/mol. The zero-order valence-corrected chi connectivity index (χ0v) is 11.5. The maximum absolute atomic E-state index is 12.0. The van der Waals surface area contributed by atoms with Crippen LogP contribution in [0.2, 0.25) is 0 Å². The van der Waals surface area contributed by atoms with Crippen molar-refractivity contribution < 1.29 is 17.9 Å². The Balaban J connectivity index is 2.49. The van der Waals surface area contributed by atoms with E-state index in [0.717, 1.165) is 0 Å². The van der Waals surface area contributed by atoms with E-state index >= 15 is 0 Å². The molecule has 1 aromatic heterocycles. The Kier molecular flexibility index (Phi) is 6.33. The zero-order valence-electron chi connectivity index (χ0n) is 11.5. The number of hydrogen-bond acceptors (Lipinski definition) is 5. The number of methoxy groups -OCH3 is 1. The molecule has 5 nitrogen and oxygen atoms in total. The van der Waals surface area contributed by atoms with Gasteiger partial charge < -0.3 is 15.4 Å². The molecule has 8 heteroatoms. The van der Waals surface area contributed by atoms with E-state index in [1.54, 1.807) is 0 Å². The molecule has 0 saturated carbocycles. The smallest absolute Gasteiger partial charge is 0.389 e. The van der Waals surface area contributed by atoms with Gasteiger partial charge in [-0.2, -0.15) is 13.2 Å². The summed E-state index contributed by atoms with van der Waals surface area (Å²) in [4.78, 5) is 8.07. The van der Waals surface area contributed by atoms with Crippen molar-refractivity contribution in [2.45, 2.75) is 32.4 Å². The molecule has 0 saturated heterocycles. The number of aromatic nitrogens is 2. The monoisotopic (exact) mass is 292 g/mol. The van der Waals surface area contributed by atoms with Crippen LogP contribution in [0.3, 0.4) is 0 Å². The lowest BCUT2D eigenvalue weighted by Crippen LogP contribution is -2.11. The van der Waals surface area contributed by atoms with Crippen molar-refractivity contribution in [2.24, 2.45) is 0 Å². The number of ether oxygens (including phenoxy) is 1. The lowest BCUT2D eigenvalue weighted by atomic mass is 10.2. The fourth-order valence-corrected chi connectivity index (χ4v) is 1.64. The first-order valence-electron chi connectivity index (χ1n) is 6.41. The Morgan fingerprint density at radius 3 is 2.35 bits per heavy atom. The molecule has 2 N–H and O–H groups in total. The number of anilines is 2. The van der Waals surface area contributed by atoms with Crippen molar-refractivity contribution >= 4 is 11.6 Å². The molecule has 114 valence electrons. The zero-order chi connectivity index (χ0) is 15.0. The van der Waals surface area contributed by atoms with Gasteiger partial charge in [-0.1, -0.05) is 0 Å². The maximum Gasteiger partial charge on any atom is 0.389 e. The lowest BCUT2D eigenvalue weighted by molar-refractivity contribution is -0.135. The number of nitrogens with zero attached hydrogens (tertiary/aromatic N) is 2. The first-order chi connectivity index (χ1) is 9.48. The van der Waals surface area contributed by atoms with E-state index in [4.69, 9.17) is 4.74 Å². The molecule has 1 heterocycles. The second-order valence-corrected chi connectivity index (χ2v) is 4.13. The van der Waals surface area contributed by atoms with Gasteiger partial charge in [0.05, 0.1) is 7.11 Å². The Morgan fingerprint density at radius 2 is 1.80 bits per heavy atom. The summed E-state index contributed by atoms with van der Waals surface area (Å²) in [6.45, 7) is 3.00. The van der Waals surface area contributed by atoms with Crippen molar-refractivity contribution in [1.29, 1.82) is 0 Å². The minimum Gasteiger partial charge on any atom is -0.490 e. The van der Waals surface area contributed by atoms with Crippen LogP contribution in [0.25, 0.3) is 0 Å². The Labute approximate surface area is 116 Å². The summed E-state index contributed by atoms with van der Waals surface area (Å²) in [6.07, 6.45) is -2.99. The summed E-state index contributed by atoms with van der Waals surface area (Å²) < 4.78 is 41.2. The molecule has 0 radical (unpaired) electrons. The van der Waals surface area contributed by atoms with Gasteiger partial charge in [-0.3, -0.25) is 0 Å². The van der Waals surface area contributed by atoms with Gasteiger partial charge in [0.25, 0.3) is 0 Å². The Morgan fingerprint density at radius 1 is 1.15 bits per heavy atom. The minimum atomic E-state index is -4.09. The van der Waals surface area contributed by atoms with E-state index in [1.165, 1.54) is 13.4 Å². The molecule has 0 aliphatic rings. The van der Waals surface area contributed by atoms with Crippen LogP contribution in [0.1, 0.15) is 26.2 Å². The van der Waals surface area contributed by atoms with Gasteiger partial charge in [0.1, 0.15) is 6.33 Å². The fraction of sp³-hybridized carbons (Fsp3) is 0.667. The molecular weight excluding hydrogens is 273 g/mol. The van der Waals surface area contributed by atoms with E-state index < -0.39 is 12.6 Å². The molecule has 1 aromatic rings. The summed E-state index contributed by atoms with van der Waals surface area (Å²) in [5.41, 5.74) is 0. The molecule has 1 rings (SSSR count). The summed E-state index contributed by atoms with van der Waals surface area (Å²) in [6, 6.07) is 0. The van der Waals surface area contributed by atoms with Crippen LogP contribution in [0, 0.1) is 0 Å². The lowest BCUT2D eigenvalue weighted by Gasteiger charge is -2.13. The number of rotatable bonds is 8. The van der Waals surface area contributed by atoms with Gasteiger partial charge in [-0.25, -0.2) is 9.97 Å². The van der Waals surface area contributed by atoms with Gasteiger partial charge in [0.2, 0.25) is 5.75 Å². The first kappa shape index (κ1) is 16.3. The molecule has 0 aliphatic carbocycles. The topological polar surface area (TPSA) is 59.1 Å². The molecule has 20 heavy (non-hydrogen) atoms. The van der Waals surface area contributed by atoms with Crippen LogP contribution in [0.4, 0.5) is 24.8 Å². The predicted octanol–water partition coefficient (Wildman–Crippen LogP) is 3.06. The van der Waals surface area contributed by atoms with E-state index in [0.29, 0.717) is 36.9 Å². The maximum atomic E-state index is 12.0. The van der Waals surface area contributed by atoms with Gasteiger partial charge in [-0.15, -0.1) is 0 Å². The molecule has 0 aromatic carbocycles. The standard InChI is InChI=1S/C12H19F3N4O/c1-3-16-10-9(20-2)11(19-8-18-10)17-7-5-4-6-12(13,14)15/h8H,3-7H2,1-2H3,(H2,16,17,18,19). The van der Waals surface area contributed by atoms with Gasteiger partial charge in [-0.05, 0) is 19.8 Å². The van der Waals surface area contributed by atoms with E-state index in [1.807, 2.05) is 6.92 Å². The molecule has 0 amide bonds. The number of unbranched alkanes of at least 4 members (excludes halogenated alkanes) is 1. The highest BCUT2D eigenvalue weighted by molar-refractivity contribution is 5.63. The van der Waals surface area contributed by atoms with Crippen LogP contribution in [-0.2, 0) is 0 Å². The van der Waals surface area contributed by atoms with Crippen molar-refractivity contribution in [3.05, 3.63) is 6.33 Å². The third-order valence-corrected chi connectivity index (χ3v) is 2.53. The first-order valence-corrected chi connectivity index (χ1v) is 6.41. The second kappa shape index (κ2) is 7.76. The largest absolute Gasteiger partial charge is 0.490 e. The summed E-state index contributed by atoms with van der Waals surface area (Å²) >= 11 is 0. The highest BCUT2D eigenvalue weighted by Crippen LogP contribution is 2.28. The van der Waals surface area contributed by atoms with Gasteiger partial charge in [0, 0.05) is 19.5 Å². The average Bonchev–Trinajstić information content (AvgIpc) is 2.37. The van der Waals surface area contributed by atoms with Crippen molar-refractivity contribution in [1.82, 2.24) is 9.97 Å². The Hall–Kier alpha value is -1.73. The fourth-order valence-electron chi connectivity index (χ4n) is 1.64. The molecule has 0 aliphatic heterocycles. The quantitative estimate of drug-likeness (QED) is 0.721. The summed E-state index contributed by atoms with van der Waals surface area (Å²) in [7, 11) is 1.49. The second-order valence-electron chi connectivity index (χ2n) is 4.13. The van der Waals surface area contributed by atoms with Crippen LogP contribution >= 0.6 is 0 Å². The number of nitrogens with one attached hydrogen (secondary N) is 2. The van der Waals surface area contributed by atoms with Crippen LogP contribution in [-0.4, -0.2) is 36.3 Å². The average molecular weight is 292 g/mol. The minimum absolute atomic E-state index is 0.0873. The highest BCUT2D eigenvalue weighted by atomic mass is 19.4. The van der Waals surface area contributed by atoms with E-state index in [9.17, 15) is 13.2 Å². The third-order valence-electron chi connectivity index (χ3n) is 2.53. The third kappa shape index (κ3) is 5.50. The molecular formula is C12H19F3N4O. The van der Waals surface area contributed by atoms with Crippen LogP contribution in [0.5, 0.6) is 5.75 Å². The van der Waals surface area contributed by atoms with E-state index in [-0.39, 0.29) is 6.42 Å². The molecule has 0 atom stereocenters. The molecule has 0 fully saturated rings. The van der Waals surface area contributed by atoms with Gasteiger partial charge >= 0.3 is 6.18 Å². The Bertz CT molecular complexity index is 412. The van der Waals surface area contributed by atoms with Gasteiger partial charge in [0.15, 0.2) is 11.6 Å². The van der Waals surface area contributed by atoms with E-state index in [2.05, 4.69) is 20.6 Å². The van der Waals surface area contributed by atoms with Crippen LogP contribution < -0.4 is 15.4 Å². The number of halogens is 3. The van der Waals surface area contributed by atoms with Crippen molar-refractivity contribution in [3.8, 4) is 5.75 Å².